The van der Waals surface area contributed by atoms with E-state index in [4.69, 9.17) is 0 Å². The second-order valence-corrected chi connectivity index (χ2v) is 8.38. The summed E-state index contributed by atoms with van der Waals surface area (Å²) in [5.74, 6) is -0.199. The minimum Gasteiger partial charge on any atom is -0.339 e. The van der Waals surface area contributed by atoms with Gasteiger partial charge in [-0.25, -0.2) is 12.8 Å². The maximum absolute atomic E-state index is 13.0. The largest absolute Gasteiger partial charge is 0.339 e. The highest BCUT2D eigenvalue weighted by molar-refractivity contribution is 7.92. The van der Waals surface area contributed by atoms with Crippen molar-refractivity contribution in [2.24, 2.45) is 0 Å². The van der Waals surface area contributed by atoms with Crippen LogP contribution >= 0.6 is 0 Å². The zero-order chi connectivity index (χ0) is 13.6. The molecule has 2 atom stereocenters. The lowest BCUT2D eigenvalue weighted by Crippen LogP contribution is -2.57. The number of halogens is 1. The Morgan fingerprint density at radius 2 is 2.11 bits per heavy atom. The number of amides is 1. The predicted molar refractivity (Wildman–Crippen MR) is 65.7 cm³/mol. The summed E-state index contributed by atoms with van der Waals surface area (Å²) in [6.45, 7) is 3.85. The number of rotatable bonds is 1. The van der Waals surface area contributed by atoms with E-state index in [1.54, 1.807) is 13.8 Å². The highest BCUT2D eigenvalue weighted by Gasteiger charge is 2.43. The number of hydrogen-bond donors (Lipinski definition) is 1. The van der Waals surface area contributed by atoms with Crippen LogP contribution in [0, 0.1) is 0 Å². The molecule has 1 amide bonds. The summed E-state index contributed by atoms with van der Waals surface area (Å²) in [4.78, 5) is 13.7. The summed E-state index contributed by atoms with van der Waals surface area (Å²) in [7, 11) is -3.15. The number of carbonyl (C=O) groups is 1. The van der Waals surface area contributed by atoms with Gasteiger partial charge in [0, 0.05) is 26.1 Å². The van der Waals surface area contributed by atoms with Gasteiger partial charge >= 0.3 is 0 Å². The average Bonchev–Trinajstić information content (AvgIpc) is 2.68. The molecule has 5 nitrogen and oxygen atoms in total. The monoisotopic (exact) mass is 278 g/mol. The Labute approximate surface area is 107 Å². The van der Waals surface area contributed by atoms with Crippen molar-refractivity contribution >= 4 is 15.7 Å². The highest BCUT2D eigenvalue weighted by atomic mass is 32.2. The number of carbonyl (C=O) groups excluding carboxylic acids is 1. The van der Waals surface area contributed by atoms with Crippen molar-refractivity contribution < 1.29 is 17.6 Å². The molecule has 0 aliphatic carbocycles. The Balaban J connectivity index is 2.06. The van der Waals surface area contributed by atoms with Crippen LogP contribution in [0.3, 0.4) is 0 Å². The molecule has 0 saturated carbocycles. The number of alkyl halides is 1. The molecular formula is C11H19FN2O3S. The van der Waals surface area contributed by atoms with Crippen molar-refractivity contribution in [3.8, 4) is 0 Å². The molecule has 1 N–H and O–H groups in total. The lowest BCUT2D eigenvalue weighted by Gasteiger charge is -2.38. The number of nitrogens with one attached hydrogen (secondary N) is 1. The average molecular weight is 278 g/mol. The lowest BCUT2D eigenvalue weighted by molar-refractivity contribution is -0.133. The van der Waals surface area contributed by atoms with Crippen LogP contribution in [0.1, 0.15) is 20.3 Å². The molecule has 0 bridgehead atoms. The quantitative estimate of drug-likeness (QED) is 0.716. The standard InChI is InChI=1S/C11H19FN2O3S/c1-11(2)7-14(3-4-18(11,16)17)10(15)9-5-8(12)6-13-9/h8-9,13H,3-7H2,1-2H3/t8-,9+/m0/s1. The van der Waals surface area contributed by atoms with Crippen LogP contribution in [-0.2, 0) is 14.6 Å². The van der Waals surface area contributed by atoms with Gasteiger partial charge in [0.2, 0.25) is 5.91 Å². The predicted octanol–water partition coefficient (Wildman–Crippen LogP) is -0.278. The number of nitrogens with zero attached hydrogens (tertiary/aromatic N) is 1. The van der Waals surface area contributed by atoms with E-state index in [9.17, 15) is 17.6 Å². The summed E-state index contributed by atoms with van der Waals surface area (Å²) in [6, 6.07) is -0.503. The normalized spacial score (nSPS) is 34.5. The van der Waals surface area contributed by atoms with Gasteiger partial charge in [0.05, 0.1) is 16.5 Å². The van der Waals surface area contributed by atoms with Crippen molar-refractivity contribution in [2.75, 3.05) is 25.4 Å². The van der Waals surface area contributed by atoms with E-state index in [0.29, 0.717) is 0 Å². The van der Waals surface area contributed by atoms with Crippen LogP contribution in [0.15, 0.2) is 0 Å². The summed E-state index contributed by atoms with van der Waals surface area (Å²) < 4.78 is 35.8. The van der Waals surface area contributed by atoms with Gasteiger partial charge < -0.3 is 10.2 Å². The maximum atomic E-state index is 13.0. The number of hydrogen-bond acceptors (Lipinski definition) is 4. The minimum atomic E-state index is -3.15. The Bertz CT molecular complexity index is 449. The van der Waals surface area contributed by atoms with Gasteiger partial charge in [-0.3, -0.25) is 4.79 Å². The molecule has 0 aromatic rings. The molecule has 2 fully saturated rings. The van der Waals surface area contributed by atoms with Crippen LogP contribution in [0.4, 0.5) is 4.39 Å². The van der Waals surface area contributed by atoms with Crippen LogP contribution < -0.4 is 5.32 Å². The van der Waals surface area contributed by atoms with Crippen molar-refractivity contribution in [1.82, 2.24) is 10.2 Å². The summed E-state index contributed by atoms with van der Waals surface area (Å²) in [5, 5.41) is 2.84. The van der Waals surface area contributed by atoms with Crippen molar-refractivity contribution in [3.05, 3.63) is 0 Å². The van der Waals surface area contributed by atoms with Crippen molar-refractivity contribution in [1.29, 1.82) is 0 Å². The molecule has 0 spiro atoms. The first-order valence-corrected chi connectivity index (χ1v) is 7.77. The first-order chi connectivity index (χ1) is 8.23. The second kappa shape index (κ2) is 4.45. The molecule has 0 radical (unpaired) electrons. The van der Waals surface area contributed by atoms with Gasteiger partial charge in [0.15, 0.2) is 9.84 Å². The zero-order valence-corrected chi connectivity index (χ0v) is 11.5. The first-order valence-electron chi connectivity index (χ1n) is 6.11. The summed E-state index contributed by atoms with van der Waals surface area (Å²) >= 11 is 0. The van der Waals surface area contributed by atoms with Crippen LogP contribution in [-0.4, -0.2) is 61.6 Å². The van der Waals surface area contributed by atoms with E-state index < -0.39 is 26.8 Å². The van der Waals surface area contributed by atoms with E-state index in [1.165, 1.54) is 4.90 Å². The molecule has 18 heavy (non-hydrogen) atoms. The Hall–Kier alpha value is -0.690. The number of sulfone groups is 1. The molecule has 0 unspecified atom stereocenters. The maximum Gasteiger partial charge on any atom is 0.239 e. The van der Waals surface area contributed by atoms with Gasteiger partial charge in [-0.2, -0.15) is 0 Å². The fraction of sp³-hybridized carbons (Fsp3) is 0.909. The Morgan fingerprint density at radius 1 is 1.44 bits per heavy atom. The summed E-state index contributed by atoms with van der Waals surface area (Å²) in [5.41, 5.74) is 0. The first kappa shape index (κ1) is 13.7. The fourth-order valence-corrected chi connectivity index (χ4v) is 3.80. The van der Waals surface area contributed by atoms with E-state index in [2.05, 4.69) is 5.32 Å². The van der Waals surface area contributed by atoms with E-state index in [1.807, 2.05) is 0 Å². The van der Waals surface area contributed by atoms with Crippen LogP contribution in [0.5, 0.6) is 0 Å². The molecule has 0 aromatic heterocycles. The molecule has 2 saturated heterocycles. The molecule has 2 heterocycles. The van der Waals surface area contributed by atoms with Crippen LogP contribution in [0.2, 0.25) is 0 Å². The van der Waals surface area contributed by atoms with Crippen molar-refractivity contribution in [3.63, 3.8) is 0 Å². The molecule has 104 valence electrons. The zero-order valence-electron chi connectivity index (χ0n) is 10.6. The summed E-state index contributed by atoms with van der Waals surface area (Å²) in [6.07, 6.45) is -0.803. The van der Waals surface area contributed by atoms with Gasteiger partial charge in [-0.15, -0.1) is 0 Å². The SMILES string of the molecule is CC1(C)CN(C(=O)[C@H]2C[C@H](F)CN2)CCS1(=O)=O. The molecule has 2 rings (SSSR count). The molecule has 0 aromatic carbocycles. The Morgan fingerprint density at radius 3 is 2.61 bits per heavy atom. The fourth-order valence-electron chi connectivity index (χ4n) is 2.43. The van der Waals surface area contributed by atoms with E-state index in [-0.39, 0.29) is 37.7 Å². The van der Waals surface area contributed by atoms with Gasteiger partial charge in [-0.1, -0.05) is 0 Å². The van der Waals surface area contributed by atoms with E-state index in [0.717, 1.165) is 0 Å². The molecule has 2 aliphatic heterocycles. The van der Waals surface area contributed by atoms with Crippen molar-refractivity contribution in [2.45, 2.75) is 37.2 Å². The second-order valence-electron chi connectivity index (χ2n) is 5.63. The van der Waals surface area contributed by atoms with Gasteiger partial charge in [0.1, 0.15) is 6.17 Å². The molecule has 2 aliphatic rings. The smallest absolute Gasteiger partial charge is 0.239 e. The van der Waals surface area contributed by atoms with E-state index >= 15 is 0 Å². The third-order valence-electron chi connectivity index (χ3n) is 3.73. The van der Waals surface area contributed by atoms with Crippen LogP contribution in [0.25, 0.3) is 0 Å². The van der Waals surface area contributed by atoms with Gasteiger partial charge in [-0.05, 0) is 13.8 Å². The Kier molecular flexibility index (Phi) is 3.40. The highest BCUT2D eigenvalue weighted by Crippen LogP contribution is 2.25. The lowest BCUT2D eigenvalue weighted by atomic mass is 10.1. The molecular weight excluding hydrogens is 259 g/mol. The molecule has 7 heteroatoms. The van der Waals surface area contributed by atoms with Gasteiger partial charge in [0.25, 0.3) is 0 Å². The third-order valence-corrected chi connectivity index (χ3v) is 6.26. The minimum absolute atomic E-state index is 0.0164. The topological polar surface area (TPSA) is 66.5 Å². The third kappa shape index (κ3) is 2.38.